The summed E-state index contributed by atoms with van der Waals surface area (Å²) < 4.78 is 5.21. The highest BCUT2D eigenvalue weighted by Gasteiger charge is 2.29. The van der Waals surface area contributed by atoms with Gasteiger partial charge in [0.05, 0.1) is 10.9 Å². The van der Waals surface area contributed by atoms with Crippen LogP contribution in [0.1, 0.15) is 41.0 Å². The molecular formula is C13H15ClN4O2. The summed E-state index contributed by atoms with van der Waals surface area (Å²) in [4.78, 5) is 21.3. The number of aromatic amines is 1. The lowest BCUT2D eigenvalue weighted by atomic mass is 9.97. The fourth-order valence-electron chi connectivity index (χ4n) is 2.50. The zero-order valence-electron chi connectivity index (χ0n) is 11.1. The number of halogens is 1. The van der Waals surface area contributed by atoms with Gasteiger partial charge in [0.2, 0.25) is 5.89 Å². The van der Waals surface area contributed by atoms with E-state index in [-0.39, 0.29) is 11.8 Å². The Morgan fingerprint density at radius 1 is 1.60 bits per heavy atom. The van der Waals surface area contributed by atoms with Crippen molar-refractivity contribution < 1.29 is 9.32 Å². The predicted molar refractivity (Wildman–Crippen MR) is 72.7 cm³/mol. The first-order valence-corrected chi connectivity index (χ1v) is 6.94. The minimum atomic E-state index is -0.0437. The van der Waals surface area contributed by atoms with Crippen LogP contribution < -0.4 is 0 Å². The molecule has 2 aromatic rings. The van der Waals surface area contributed by atoms with Gasteiger partial charge in [-0.3, -0.25) is 4.79 Å². The van der Waals surface area contributed by atoms with Crippen LogP contribution in [0.25, 0.3) is 0 Å². The number of aromatic nitrogens is 3. The van der Waals surface area contributed by atoms with E-state index < -0.39 is 0 Å². The van der Waals surface area contributed by atoms with Gasteiger partial charge in [-0.2, -0.15) is 4.98 Å². The molecule has 106 valence electrons. The van der Waals surface area contributed by atoms with Crippen LogP contribution in [-0.2, 0) is 0 Å². The number of carbonyl (C=O) groups is 1. The second-order valence-electron chi connectivity index (χ2n) is 5.00. The van der Waals surface area contributed by atoms with Crippen molar-refractivity contribution in [1.82, 2.24) is 20.0 Å². The van der Waals surface area contributed by atoms with Crippen molar-refractivity contribution in [2.45, 2.75) is 25.7 Å². The Labute approximate surface area is 121 Å². The summed E-state index contributed by atoms with van der Waals surface area (Å²) in [6.07, 6.45) is 3.49. The third kappa shape index (κ3) is 2.56. The number of carbonyl (C=O) groups excluding carboxylic acids is 1. The van der Waals surface area contributed by atoms with Crippen LogP contribution in [0.3, 0.4) is 0 Å². The Hall–Kier alpha value is -1.82. The van der Waals surface area contributed by atoms with Gasteiger partial charge in [-0.15, -0.1) is 0 Å². The van der Waals surface area contributed by atoms with Gasteiger partial charge in [-0.25, -0.2) is 0 Å². The van der Waals surface area contributed by atoms with E-state index in [1.165, 1.54) is 0 Å². The first kappa shape index (κ1) is 13.2. The highest BCUT2D eigenvalue weighted by Crippen LogP contribution is 2.26. The molecule has 3 rings (SSSR count). The summed E-state index contributed by atoms with van der Waals surface area (Å²) in [5.74, 6) is 1.31. The van der Waals surface area contributed by atoms with E-state index in [0.717, 1.165) is 19.4 Å². The van der Waals surface area contributed by atoms with Crippen LogP contribution in [0.4, 0.5) is 0 Å². The molecule has 6 nitrogen and oxygen atoms in total. The Balaban J connectivity index is 1.73. The number of rotatable bonds is 2. The van der Waals surface area contributed by atoms with Crippen LogP contribution in [0, 0.1) is 6.92 Å². The number of H-pyrrole nitrogens is 1. The molecule has 0 aromatic carbocycles. The van der Waals surface area contributed by atoms with E-state index in [1.807, 2.05) is 0 Å². The minimum absolute atomic E-state index is 0.0437. The highest BCUT2D eigenvalue weighted by molar-refractivity contribution is 6.30. The van der Waals surface area contributed by atoms with Crippen molar-refractivity contribution in [2.75, 3.05) is 13.1 Å². The van der Waals surface area contributed by atoms with Gasteiger partial charge < -0.3 is 14.4 Å². The van der Waals surface area contributed by atoms with Crippen LogP contribution >= 0.6 is 11.6 Å². The second-order valence-corrected chi connectivity index (χ2v) is 5.44. The molecule has 20 heavy (non-hydrogen) atoms. The van der Waals surface area contributed by atoms with E-state index in [0.29, 0.717) is 29.0 Å². The van der Waals surface area contributed by atoms with E-state index in [9.17, 15) is 4.79 Å². The maximum atomic E-state index is 12.4. The average molecular weight is 295 g/mol. The summed E-state index contributed by atoms with van der Waals surface area (Å²) in [5.41, 5.74) is 0.511. The first-order chi connectivity index (χ1) is 9.63. The number of hydrogen-bond donors (Lipinski definition) is 1. The largest absolute Gasteiger partial charge is 0.356 e. The van der Waals surface area contributed by atoms with E-state index in [2.05, 4.69) is 15.1 Å². The number of hydrogen-bond acceptors (Lipinski definition) is 4. The molecule has 1 unspecified atom stereocenters. The Morgan fingerprint density at radius 3 is 3.10 bits per heavy atom. The lowest BCUT2D eigenvalue weighted by Gasteiger charge is -2.30. The molecule has 0 aliphatic carbocycles. The fourth-order valence-corrected chi connectivity index (χ4v) is 2.67. The molecule has 0 radical (unpaired) electrons. The van der Waals surface area contributed by atoms with Gasteiger partial charge in [0, 0.05) is 19.3 Å². The van der Waals surface area contributed by atoms with Crippen LogP contribution in [0.5, 0.6) is 0 Å². The summed E-state index contributed by atoms with van der Waals surface area (Å²) in [7, 11) is 0. The standard InChI is InChI=1S/C13H15ClN4O2/c1-8-16-12(20-17-8)9-3-2-4-18(7-9)13(19)11-5-10(14)6-15-11/h5-6,9,15H,2-4,7H2,1H3. The Bertz CT molecular complexity index is 621. The van der Waals surface area contributed by atoms with Crippen LogP contribution in [0.15, 0.2) is 16.8 Å². The molecular weight excluding hydrogens is 280 g/mol. The normalized spacial score (nSPS) is 19.3. The van der Waals surface area contributed by atoms with Gasteiger partial charge in [-0.1, -0.05) is 16.8 Å². The van der Waals surface area contributed by atoms with Crippen molar-refractivity contribution in [3.05, 3.63) is 34.7 Å². The van der Waals surface area contributed by atoms with E-state index in [4.69, 9.17) is 16.1 Å². The van der Waals surface area contributed by atoms with Gasteiger partial charge in [0.15, 0.2) is 5.82 Å². The minimum Gasteiger partial charge on any atom is -0.356 e. The molecule has 2 aromatic heterocycles. The molecule has 1 aliphatic heterocycles. The van der Waals surface area contributed by atoms with Gasteiger partial charge in [0.25, 0.3) is 5.91 Å². The summed E-state index contributed by atoms with van der Waals surface area (Å²) in [6.45, 7) is 3.12. The van der Waals surface area contributed by atoms with Crippen molar-refractivity contribution >= 4 is 17.5 Å². The van der Waals surface area contributed by atoms with E-state index in [1.54, 1.807) is 24.1 Å². The molecule has 3 heterocycles. The second kappa shape index (κ2) is 5.28. The molecule has 1 atom stereocenters. The summed E-state index contributed by atoms with van der Waals surface area (Å²) in [5, 5.41) is 4.35. The lowest BCUT2D eigenvalue weighted by Crippen LogP contribution is -2.39. The maximum Gasteiger partial charge on any atom is 0.270 e. The third-order valence-electron chi connectivity index (χ3n) is 3.48. The van der Waals surface area contributed by atoms with Crippen molar-refractivity contribution in [1.29, 1.82) is 0 Å². The summed E-state index contributed by atoms with van der Waals surface area (Å²) >= 11 is 5.84. The number of nitrogens with zero attached hydrogens (tertiary/aromatic N) is 3. The molecule has 1 aliphatic rings. The lowest BCUT2D eigenvalue weighted by molar-refractivity contribution is 0.0690. The van der Waals surface area contributed by atoms with Gasteiger partial charge >= 0.3 is 0 Å². The first-order valence-electron chi connectivity index (χ1n) is 6.57. The van der Waals surface area contributed by atoms with Crippen molar-refractivity contribution in [2.24, 2.45) is 0 Å². The molecule has 0 spiro atoms. The molecule has 0 bridgehead atoms. The zero-order chi connectivity index (χ0) is 14.1. The monoisotopic (exact) mass is 294 g/mol. The Morgan fingerprint density at radius 2 is 2.45 bits per heavy atom. The highest BCUT2D eigenvalue weighted by atomic mass is 35.5. The third-order valence-corrected chi connectivity index (χ3v) is 3.70. The van der Waals surface area contributed by atoms with Crippen LogP contribution in [-0.4, -0.2) is 39.0 Å². The number of nitrogens with one attached hydrogen (secondary N) is 1. The molecule has 1 N–H and O–H groups in total. The van der Waals surface area contributed by atoms with E-state index >= 15 is 0 Å². The number of likely N-dealkylation sites (tertiary alicyclic amines) is 1. The molecule has 1 amide bonds. The fraction of sp³-hybridized carbons (Fsp3) is 0.462. The maximum absolute atomic E-state index is 12.4. The van der Waals surface area contributed by atoms with Crippen LogP contribution in [0.2, 0.25) is 5.02 Å². The van der Waals surface area contributed by atoms with Crippen molar-refractivity contribution in [3.63, 3.8) is 0 Å². The predicted octanol–water partition coefficient (Wildman–Crippen LogP) is 2.38. The van der Waals surface area contributed by atoms with Gasteiger partial charge in [0.1, 0.15) is 5.69 Å². The quantitative estimate of drug-likeness (QED) is 0.923. The topological polar surface area (TPSA) is 75.0 Å². The number of aryl methyl sites for hydroxylation is 1. The molecule has 1 saturated heterocycles. The average Bonchev–Trinajstić information content (AvgIpc) is 3.07. The molecule has 1 fully saturated rings. The SMILES string of the molecule is Cc1noc(C2CCCN(C(=O)c3cc(Cl)c[nH]3)C2)n1. The Kier molecular flexibility index (Phi) is 3.48. The summed E-state index contributed by atoms with van der Waals surface area (Å²) in [6, 6.07) is 1.64. The number of piperidine rings is 1. The molecule has 0 saturated carbocycles. The smallest absolute Gasteiger partial charge is 0.270 e. The van der Waals surface area contributed by atoms with Gasteiger partial charge in [-0.05, 0) is 25.8 Å². The van der Waals surface area contributed by atoms with Crippen molar-refractivity contribution in [3.8, 4) is 0 Å². The molecule has 7 heteroatoms. The zero-order valence-corrected chi connectivity index (χ0v) is 11.9. The number of amides is 1.